The molecular formula is C16H24N2O7. The van der Waals surface area contributed by atoms with Crippen LogP contribution in [-0.2, 0) is 16.0 Å². The number of methoxy groups -OCH3 is 3. The van der Waals surface area contributed by atoms with Crippen molar-refractivity contribution < 1.29 is 34.0 Å². The van der Waals surface area contributed by atoms with Gasteiger partial charge in [0.05, 0.1) is 21.3 Å². The summed E-state index contributed by atoms with van der Waals surface area (Å²) in [5, 5.41) is 17.3. The van der Waals surface area contributed by atoms with Crippen molar-refractivity contribution in [1.82, 2.24) is 5.01 Å². The van der Waals surface area contributed by atoms with Gasteiger partial charge >= 0.3 is 11.9 Å². The molecule has 4 N–H and O–H groups in total. The van der Waals surface area contributed by atoms with Gasteiger partial charge in [-0.1, -0.05) is 0 Å². The van der Waals surface area contributed by atoms with Crippen LogP contribution in [0.5, 0.6) is 17.2 Å². The van der Waals surface area contributed by atoms with Crippen molar-refractivity contribution in [2.75, 3.05) is 34.9 Å². The Morgan fingerprint density at radius 2 is 1.48 bits per heavy atom. The fourth-order valence-corrected chi connectivity index (χ4v) is 1.73. The highest BCUT2D eigenvalue weighted by Gasteiger charge is 2.12. The summed E-state index contributed by atoms with van der Waals surface area (Å²) in [4.78, 5) is 19.1. The number of carboxylic acid groups (broad SMARTS) is 2. The lowest BCUT2D eigenvalue weighted by molar-refractivity contribution is -0.134. The number of likely N-dealkylation sites (N-methyl/N-ethyl adjacent to an activating group) is 1. The lowest BCUT2D eigenvalue weighted by Crippen LogP contribution is -2.28. The summed E-state index contributed by atoms with van der Waals surface area (Å²) in [7, 11) is 6.64. The van der Waals surface area contributed by atoms with Crippen LogP contribution in [0.25, 0.3) is 0 Å². The molecule has 0 saturated carbocycles. The minimum absolute atomic E-state index is 0.558. The number of carbonyl (C=O) groups is 2. The molecule has 9 heteroatoms. The van der Waals surface area contributed by atoms with Gasteiger partial charge in [0.2, 0.25) is 5.75 Å². The van der Waals surface area contributed by atoms with Crippen LogP contribution in [0.15, 0.2) is 24.3 Å². The quantitative estimate of drug-likeness (QED) is 0.351. The Hall–Kier alpha value is -2.78. The minimum Gasteiger partial charge on any atom is -0.493 e. The molecule has 140 valence electrons. The van der Waals surface area contributed by atoms with Gasteiger partial charge in [-0.25, -0.2) is 14.6 Å². The number of carboxylic acids is 2. The molecule has 0 amide bonds. The smallest absolute Gasteiger partial charge is 0.328 e. The number of hydrazine groups is 1. The van der Waals surface area contributed by atoms with Crippen molar-refractivity contribution >= 4 is 11.9 Å². The molecule has 0 saturated heterocycles. The van der Waals surface area contributed by atoms with Crippen LogP contribution in [0.3, 0.4) is 0 Å². The third-order valence-corrected chi connectivity index (χ3v) is 2.85. The summed E-state index contributed by atoms with van der Waals surface area (Å²) in [5.74, 6) is 5.02. The van der Waals surface area contributed by atoms with E-state index in [4.69, 9.17) is 30.3 Å². The molecule has 9 nitrogen and oxygen atoms in total. The van der Waals surface area contributed by atoms with Crippen molar-refractivity contribution in [1.29, 1.82) is 0 Å². The molecular weight excluding hydrogens is 332 g/mol. The Morgan fingerprint density at radius 3 is 1.76 bits per heavy atom. The van der Waals surface area contributed by atoms with Gasteiger partial charge < -0.3 is 24.4 Å². The van der Waals surface area contributed by atoms with E-state index in [9.17, 15) is 9.59 Å². The van der Waals surface area contributed by atoms with Gasteiger partial charge in [0.15, 0.2) is 11.5 Å². The van der Waals surface area contributed by atoms with Crippen molar-refractivity contribution in [3.8, 4) is 17.2 Å². The van der Waals surface area contributed by atoms with Crippen LogP contribution in [0.4, 0.5) is 0 Å². The van der Waals surface area contributed by atoms with E-state index in [1.54, 1.807) is 26.3 Å². The van der Waals surface area contributed by atoms with Gasteiger partial charge in [-0.15, -0.1) is 0 Å². The topological polar surface area (TPSA) is 132 Å². The van der Waals surface area contributed by atoms with E-state index in [1.807, 2.05) is 19.2 Å². The molecule has 0 aliphatic carbocycles. The largest absolute Gasteiger partial charge is 0.493 e. The van der Waals surface area contributed by atoms with Crippen LogP contribution < -0.4 is 20.1 Å². The summed E-state index contributed by atoms with van der Waals surface area (Å²) < 4.78 is 15.8. The first-order valence-corrected chi connectivity index (χ1v) is 7.13. The van der Waals surface area contributed by atoms with Gasteiger partial charge in [0, 0.05) is 25.7 Å². The highest BCUT2D eigenvalue weighted by atomic mass is 16.5. The fourth-order valence-electron chi connectivity index (χ4n) is 1.73. The molecule has 0 unspecified atom stereocenters. The van der Waals surface area contributed by atoms with Gasteiger partial charge in [-0.05, 0) is 24.1 Å². The van der Waals surface area contributed by atoms with Crippen LogP contribution in [0.2, 0.25) is 0 Å². The zero-order valence-electron chi connectivity index (χ0n) is 14.7. The monoisotopic (exact) mass is 356 g/mol. The number of ether oxygens (including phenoxy) is 3. The van der Waals surface area contributed by atoms with Crippen LogP contribution in [0.1, 0.15) is 5.56 Å². The molecule has 0 atom stereocenters. The molecule has 25 heavy (non-hydrogen) atoms. The molecule has 0 bridgehead atoms. The SMILES string of the molecule is COc1cc(CCN(C)N)cc(OC)c1OC.O=C(O)/C=C\C(=O)O. The van der Waals surface area contributed by atoms with E-state index in [0.29, 0.717) is 29.4 Å². The molecule has 0 spiro atoms. The molecule has 0 heterocycles. The number of benzene rings is 1. The second-order valence-corrected chi connectivity index (χ2v) is 4.77. The van der Waals surface area contributed by atoms with E-state index in [1.165, 1.54) is 0 Å². The van der Waals surface area contributed by atoms with Crippen molar-refractivity contribution in [3.63, 3.8) is 0 Å². The minimum atomic E-state index is -1.26. The predicted molar refractivity (Wildman–Crippen MR) is 91.0 cm³/mol. The van der Waals surface area contributed by atoms with E-state index < -0.39 is 11.9 Å². The zero-order chi connectivity index (χ0) is 19.4. The van der Waals surface area contributed by atoms with E-state index >= 15 is 0 Å². The Kier molecular flexibility index (Phi) is 10.4. The van der Waals surface area contributed by atoms with Crippen LogP contribution >= 0.6 is 0 Å². The van der Waals surface area contributed by atoms with Gasteiger partial charge in [-0.2, -0.15) is 0 Å². The van der Waals surface area contributed by atoms with E-state index in [0.717, 1.165) is 18.5 Å². The zero-order valence-corrected chi connectivity index (χ0v) is 14.7. The van der Waals surface area contributed by atoms with Crippen molar-refractivity contribution in [3.05, 3.63) is 29.8 Å². The highest BCUT2D eigenvalue weighted by Crippen LogP contribution is 2.38. The maximum atomic E-state index is 9.55. The van der Waals surface area contributed by atoms with E-state index in [-0.39, 0.29) is 0 Å². The number of hydrogen-bond acceptors (Lipinski definition) is 7. The maximum absolute atomic E-state index is 9.55. The summed E-state index contributed by atoms with van der Waals surface area (Å²) >= 11 is 0. The number of aliphatic carboxylic acids is 2. The van der Waals surface area contributed by atoms with E-state index in [2.05, 4.69) is 0 Å². The summed E-state index contributed by atoms with van der Waals surface area (Å²) in [6, 6.07) is 3.87. The highest BCUT2D eigenvalue weighted by molar-refractivity contribution is 5.89. The Balaban J connectivity index is 0.000000609. The molecule has 1 rings (SSSR count). The van der Waals surface area contributed by atoms with Crippen LogP contribution in [-0.4, -0.2) is 62.1 Å². The van der Waals surface area contributed by atoms with Crippen molar-refractivity contribution in [2.24, 2.45) is 5.84 Å². The van der Waals surface area contributed by atoms with Crippen molar-refractivity contribution in [2.45, 2.75) is 6.42 Å². The number of hydrogen-bond donors (Lipinski definition) is 3. The first kappa shape index (κ1) is 22.2. The lowest BCUT2D eigenvalue weighted by Gasteiger charge is -2.15. The standard InChI is InChI=1S/C12H20N2O3.C4H4O4/c1-14(13)6-5-9-7-10(15-2)12(17-4)11(8-9)16-3;5-3(6)1-2-4(7)8/h7-8H,5-6,13H2,1-4H3;1-2H,(H,5,6)(H,7,8)/b;2-1-. The summed E-state index contributed by atoms with van der Waals surface area (Å²) in [6.07, 6.45) is 1.94. The second kappa shape index (κ2) is 11.7. The average Bonchev–Trinajstić information content (AvgIpc) is 2.57. The Morgan fingerprint density at radius 1 is 1.04 bits per heavy atom. The average molecular weight is 356 g/mol. The molecule has 0 fully saturated rings. The predicted octanol–water partition coefficient (Wildman–Crippen LogP) is 0.772. The summed E-state index contributed by atoms with van der Waals surface area (Å²) in [5.41, 5.74) is 1.09. The molecule has 0 aliphatic heterocycles. The maximum Gasteiger partial charge on any atom is 0.328 e. The van der Waals surface area contributed by atoms with Crippen LogP contribution in [0, 0.1) is 0 Å². The first-order valence-electron chi connectivity index (χ1n) is 7.13. The molecule has 1 aromatic rings. The molecule has 0 radical (unpaired) electrons. The Bertz CT molecular complexity index is 559. The third-order valence-electron chi connectivity index (χ3n) is 2.85. The van der Waals surface area contributed by atoms with Gasteiger partial charge in [0.1, 0.15) is 0 Å². The number of rotatable bonds is 8. The Labute approximate surface area is 146 Å². The number of nitrogens with zero attached hydrogens (tertiary/aromatic N) is 1. The second-order valence-electron chi connectivity index (χ2n) is 4.77. The summed E-state index contributed by atoms with van der Waals surface area (Å²) in [6.45, 7) is 0.763. The first-order chi connectivity index (χ1) is 11.7. The number of nitrogens with two attached hydrogens (primary N) is 1. The third kappa shape index (κ3) is 9.18. The molecule has 1 aromatic carbocycles. The van der Waals surface area contributed by atoms with Gasteiger partial charge in [-0.3, -0.25) is 5.84 Å². The van der Waals surface area contributed by atoms with Gasteiger partial charge in [0.25, 0.3) is 0 Å². The lowest BCUT2D eigenvalue weighted by atomic mass is 10.1. The normalized spacial score (nSPS) is 10.2. The fraction of sp³-hybridized carbons (Fsp3) is 0.375. The molecule has 0 aliphatic rings. The molecule has 0 aromatic heterocycles.